The van der Waals surface area contributed by atoms with Gasteiger partial charge in [0.2, 0.25) is 11.5 Å². The van der Waals surface area contributed by atoms with Gasteiger partial charge in [-0.2, -0.15) is 0 Å². The Morgan fingerprint density at radius 3 is 2.38 bits per heavy atom. The van der Waals surface area contributed by atoms with Crippen molar-refractivity contribution in [3.05, 3.63) is 130 Å². The van der Waals surface area contributed by atoms with Crippen molar-refractivity contribution in [1.29, 1.82) is 0 Å². The summed E-state index contributed by atoms with van der Waals surface area (Å²) in [7, 11) is -2.21. The van der Waals surface area contributed by atoms with Gasteiger partial charge < -0.3 is 35.6 Å². The summed E-state index contributed by atoms with van der Waals surface area (Å²) >= 11 is 0. The monoisotopic (exact) mass is 829 g/mol. The molecule has 1 fully saturated rings. The number of phenolic OH excluding ortho intramolecular Hbond substituents is 1. The second-order valence-electron chi connectivity index (χ2n) is 17.2. The molecule has 12 heteroatoms. The lowest BCUT2D eigenvalue weighted by atomic mass is 9.94. The van der Waals surface area contributed by atoms with Crippen LogP contribution in [-0.4, -0.2) is 49.1 Å². The molecule has 1 atom stereocenters. The van der Waals surface area contributed by atoms with Crippen molar-refractivity contribution in [2.75, 3.05) is 17.2 Å². The summed E-state index contributed by atoms with van der Waals surface area (Å²) in [5.74, 6) is -0.0736. The topological polar surface area (TPSA) is 168 Å². The summed E-state index contributed by atoms with van der Waals surface area (Å²) in [6.07, 6.45) is 7.04. The number of carbonyl (C=O) groups excluding carboxylic acids is 2. The molecule has 11 nitrogen and oxygen atoms in total. The van der Waals surface area contributed by atoms with Crippen molar-refractivity contribution < 1.29 is 23.9 Å². The van der Waals surface area contributed by atoms with Gasteiger partial charge in [-0.1, -0.05) is 93.6 Å². The number of rotatable bonds is 15. The highest BCUT2D eigenvalue weighted by atomic mass is 28.4. The molecule has 0 unspecified atom stereocenters. The smallest absolute Gasteiger partial charge is 0.411 e. The van der Waals surface area contributed by atoms with E-state index in [0.717, 1.165) is 58.9 Å². The van der Waals surface area contributed by atoms with E-state index >= 15 is 0 Å². The Hall–Kier alpha value is -5.53. The van der Waals surface area contributed by atoms with E-state index < -0.39 is 14.4 Å². The lowest BCUT2D eigenvalue weighted by Crippen LogP contribution is -2.43. The van der Waals surface area contributed by atoms with Crippen LogP contribution < -0.4 is 27.2 Å². The molecule has 6 rings (SSSR count). The molecular weight excluding hydrogens is 771 g/mol. The second kappa shape index (κ2) is 19.7. The standard InChI is InChI=1S/C48H59N5O6Si/c1-48(2,3)60(4,5)59-43(39-25-27-42(54)46-40(39)26-28-45(56)53-46)31-50-30-33-15-20-36(21-16-33)51-44(55)14-10-9-11-32-17-24-38(34-12-7-6-8-13-34)41(29-32)52-47(57)58-37-22-18-35(49)19-23-37/h6-9,11-13,15-17,20-21,24-29,35,37,43,50,54H,10,14,18-19,22-23,30-31,49H2,1-5H3,(H,51,55)(H,52,57)(H,53,56)/t35-,37-,43-/m0/s1. The van der Waals surface area contributed by atoms with E-state index in [1.54, 1.807) is 12.1 Å². The van der Waals surface area contributed by atoms with Crippen LogP contribution in [0.3, 0.4) is 0 Å². The first-order chi connectivity index (χ1) is 28.6. The molecule has 60 heavy (non-hydrogen) atoms. The van der Waals surface area contributed by atoms with E-state index in [4.69, 9.17) is 14.9 Å². The Morgan fingerprint density at radius 1 is 0.933 bits per heavy atom. The van der Waals surface area contributed by atoms with Crippen LogP contribution in [0.5, 0.6) is 5.75 Å². The first-order valence-corrected chi connectivity index (χ1v) is 23.8. The number of aromatic amines is 1. The molecule has 0 bridgehead atoms. The van der Waals surface area contributed by atoms with Crippen LogP contribution in [-0.2, 0) is 20.5 Å². The van der Waals surface area contributed by atoms with Gasteiger partial charge in [-0.05, 0) is 103 Å². The summed E-state index contributed by atoms with van der Waals surface area (Å²) < 4.78 is 12.7. The fourth-order valence-corrected chi connectivity index (χ4v) is 8.41. The molecule has 0 spiro atoms. The number of pyridine rings is 1. The average molecular weight is 830 g/mol. The first-order valence-electron chi connectivity index (χ1n) is 20.9. The third-order valence-corrected chi connectivity index (χ3v) is 16.1. The number of nitrogens with one attached hydrogen (secondary N) is 4. The molecule has 0 aliphatic heterocycles. The molecule has 1 aromatic heterocycles. The minimum absolute atomic E-state index is 0.0173. The maximum absolute atomic E-state index is 13.0. The van der Waals surface area contributed by atoms with Gasteiger partial charge in [0, 0.05) is 48.3 Å². The molecule has 1 saturated carbocycles. The molecule has 1 heterocycles. The van der Waals surface area contributed by atoms with Crippen LogP contribution in [0.25, 0.3) is 28.1 Å². The van der Waals surface area contributed by atoms with Gasteiger partial charge in [-0.15, -0.1) is 0 Å². The summed E-state index contributed by atoms with van der Waals surface area (Å²) in [6, 6.07) is 30.4. The van der Waals surface area contributed by atoms with Gasteiger partial charge in [-0.3, -0.25) is 14.9 Å². The third kappa shape index (κ3) is 11.8. The quantitative estimate of drug-likeness (QED) is 0.0567. The zero-order valence-corrected chi connectivity index (χ0v) is 36.3. The lowest BCUT2D eigenvalue weighted by molar-refractivity contribution is -0.116. The molecular formula is C48H59N5O6Si. The zero-order valence-electron chi connectivity index (χ0n) is 35.3. The Labute approximate surface area is 353 Å². The van der Waals surface area contributed by atoms with E-state index in [1.807, 2.05) is 91.0 Å². The fourth-order valence-electron chi connectivity index (χ4n) is 7.13. The molecule has 2 amide bonds. The van der Waals surface area contributed by atoms with Gasteiger partial charge in [0.15, 0.2) is 8.32 Å². The number of hydrogen-bond donors (Lipinski definition) is 6. The van der Waals surface area contributed by atoms with Crippen molar-refractivity contribution in [3.8, 4) is 16.9 Å². The Morgan fingerprint density at radius 2 is 1.67 bits per heavy atom. The van der Waals surface area contributed by atoms with Gasteiger partial charge in [0.25, 0.3) is 0 Å². The number of ether oxygens (including phenoxy) is 1. The number of allylic oxidation sites excluding steroid dienone is 1. The van der Waals surface area contributed by atoms with Crippen LogP contribution in [0.15, 0.2) is 108 Å². The fraction of sp³-hybridized carbons (Fsp3) is 0.354. The number of anilines is 2. The molecule has 5 aromatic rings. The van der Waals surface area contributed by atoms with Crippen molar-refractivity contribution in [2.45, 2.75) is 102 Å². The maximum atomic E-state index is 13.0. The maximum Gasteiger partial charge on any atom is 0.411 e. The predicted molar refractivity (Wildman–Crippen MR) is 245 cm³/mol. The van der Waals surface area contributed by atoms with E-state index in [0.29, 0.717) is 42.8 Å². The minimum Gasteiger partial charge on any atom is -0.506 e. The highest BCUT2D eigenvalue weighted by Gasteiger charge is 2.39. The number of H-pyrrole nitrogens is 1. The number of hydrogen-bond acceptors (Lipinski definition) is 8. The Balaban J connectivity index is 1.02. The lowest BCUT2D eigenvalue weighted by Gasteiger charge is -2.39. The number of nitrogens with two attached hydrogens (primary N) is 1. The molecule has 0 saturated heterocycles. The molecule has 7 N–H and O–H groups in total. The normalized spacial score (nSPS) is 16.4. The number of aromatic nitrogens is 1. The highest BCUT2D eigenvalue weighted by molar-refractivity contribution is 6.74. The summed E-state index contributed by atoms with van der Waals surface area (Å²) in [6.45, 7) is 12.1. The van der Waals surface area contributed by atoms with Crippen LogP contribution >= 0.6 is 0 Å². The Bertz CT molecular complexity index is 2330. The average Bonchev–Trinajstić information content (AvgIpc) is 3.21. The minimum atomic E-state index is -2.21. The van der Waals surface area contributed by atoms with Crippen molar-refractivity contribution >= 4 is 48.7 Å². The number of phenols is 1. The molecule has 1 aliphatic rings. The van der Waals surface area contributed by atoms with Gasteiger partial charge in [-0.25, -0.2) is 4.79 Å². The predicted octanol–water partition coefficient (Wildman–Crippen LogP) is 10.0. The van der Waals surface area contributed by atoms with Crippen molar-refractivity contribution in [3.63, 3.8) is 0 Å². The van der Waals surface area contributed by atoms with Crippen LogP contribution in [0, 0.1) is 0 Å². The number of benzene rings is 4. The van der Waals surface area contributed by atoms with Gasteiger partial charge >= 0.3 is 6.09 Å². The highest BCUT2D eigenvalue weighted by Crippen LogP contribution is 2.41. The van der Waals surface area contributed by atoms with Gasteiger partial charge in [0.1, 0.15) is 11.9 Å². The number of aromatic hydroxyl groups is 1. The first kappa shape index (κ1) is 44.0. The molecule has 4 aromatic carbocycles. The van der Waals surface area contributed by atoms with E-state index in [9.17, 15) is 19.5 Å². The van der Waals surface area contributed by atoms with E-state index in [-0.39, 0.29) is 40.5 Å². The molecule has 0 radical (unpaired) electrons. The molecule has 316 valence electrons. The zero-order chi connectivity index (χ0) is 42.9. The summed E-state index contributed by atoms with van der Waals surface area (Å²) in [5, 5.41) is 20.8. The second-order valence-corrected chi connectivity index (χ2v) is 22.0. The number of fused-ring (bicyclic) bond motifs is 1. The van der Waals surface area contributed by atoms with Crippen LogP contribution in [0.1, 0.15) is 82.1 Å². The van der Waals surface area contributed by atoms with Crippen molar-refractivity contribution in [1.82, 2.24) is 10.3 Å². The van der Waals surface area contributed by atoms with E-state index in [1.165, 1.54) is 6.07 Å². The largest absolute Gasteiger partial charge is 0.506 e. The Kier molecular flexibility index (Phi) is 14.4. The van der Waals surface area contributed by atoms with Crippen LogP contribution in [0.2, 0.25) is 18.1 Å². The van der Waals surface area contributed by atoms with Crippen LogP contribution in [0.4, 0.5) is 16.2 Å². The third-order valence-electron chi connectivity index (χ3n) is 11.6. The van der Waals surface area contributed by atoms with Crippen molar-refractivity contribution in [2.24, 2.45) is 5.73 Å². The van der Waals surface area contributed by atoms with Gasteiger partial charge in [0.05, 0.1) is 17.3 Å². The van der Waals surface area contributed by atoms with E-state index in [2.05, 4.69) is 54.8 Å². The SMILES string of the molecule is CC(C)(C)[Si](C)(C)O[C@@H](CNCc1ccc(NC(=O)CCC=Cc2ccc(-c3ccccc3)c(NC(=O)O[C@H]3CC[C@H](N)CC3)c2)cc1)c1ccc(O)c2[nH]c(=O)ccc12. The number of carbonyl (C=O) groups is 2. The number of amides is 2. The summed E-state index contributed by atoms with van der Waals surface area (Å²) in [5.41, 5.74) is 12.2. The molecule has 1 aliphatic carbocycles. The summed E-state index contributed by atoms with van der Waals surface area (Å²) in [4.78, 5) is 40.7.